The number of hydrogen-bond donors (Lipinski definition) is 1. The maximum Gasteiger partial charge on any atom is 0.250 e. The zero-order valence-electron chi connectivity index (χ0n) is 22.9. The average molecular weight is 589 g/mol. The molecule has 0 bridgehead atoms. The maximum atomic E-state index is 14.0. The van der Waals surface area contributed by atoms with Gasteiger partial charge in [0.05, 0.1) is 24.9 Å². The summed E-state index contributed by atoms with van der Waals surface area (Å²) in [6, 6.07) is 21.9. The van der Waals surface area contributed by atoms with Crippen LogP contribution in [0.25, 0.3) is 22.3 Å². The summed E-state index contributed by atoms with van der Waals surface area (Å²) >= 11 is 7.49. The van der Waals surface area contributed by atoms with E-state index >= 15 is 0 Å². The van der Waals surface area contributed by atoms with Gasteiger partial charge in [-0.2, -0.15) is 0 Å². The van der Waals surface area contributed by atoms with Crippen LogP contribution in [0.15, 0.2) is 78.2 Å². The van der Waals surface area contributed by atoms with Gasteiger partial charge in [0.1, 0.15) is 28.4 Å². The Labute approximate surface area is 246 Å². The molecule has 210 valence electrons. The summed E-state index contributed by atoms with van der Waals surface area (Å²) < 4.78 is 6.79. The van der Waals surface area contributed by atoms with Crippen molar-refractivity contribution in [2.24, 2.45) is 0 Å². The van der Waals surface area contributed by atoms with Crippen molar-refractivity contribution in [3.05, 3.63) is 88.2 Å². The van der Waals surface area contributed by atoms with Crippen molar-refractivity contribution in [2.75, 3.05) is 12.4 Å². The molecule has 3 aromatic carbocycles. The van der Waals surface area contributed by atoms with E-state index in [0.717, 1.165) is 16.8 Å². The number of rotatable bonds is 10. The predicted molar refractivity (Wildman–Crippen MR) is 161 cm³/mol. The summed E-state index contributed by atoms with van der Waals surface area (Å²) in [6.45, 7) is 3.72. The molecule has 0 saturated heterocycles. The first kappa shape index (κ1) is 28.3. The summed E-state index contributed by atoms with van der Waals surface area (Å²) in [6.07, 6.45) is 0.369. The third-order valence-electron chi connectivity index (χ3n) is 7.11. The first-order chi connectivity index (χ1) is 19.8. The van der Waals surface area contributed by atoms with Gasteiger partial charge in [-0.1, -0.05) is 48.0 Å². The Hall–Kier alpha value is -4.28. The van der Waals surface area contributed by atoms with Gasteiger partial charge >= 0.3 is 0 Å². The van der Waals surface area contributed by atoms with Crippen LogP contribution < -0.4 is 10.1 Å². The number of thiazole rings is 1. The zero-order valence-corrected chi connectivity index (χ0v) is 24.4. The molecule has 0 fully saturated rings. The number of nitrogens with zero attached hydrogens (tertiary/aromatic N) is 5. The van der Waals surface area contributed by atoms with Crippen LogP contribution in [0.2, 0.25) is 5.02 Å². The number of carbonyl (C=O) groups is 2. The van der Waals surface area contributed by atoms with E-state index in [1.807, 2.05) is 60.8 Å². The van der Waals surface area contributed by atoms with E-state index in [4.69, 9.17) is 21.3 Å². The molecule has 0 saturated carbocycles. The Balaban J connectivity index is 1.46. The van der Waals surface area contributed by atoms with E-state index in [1.165, 1.54) is 11.3 Å². The smallest absolute Gasteiger partial charge is 0.250 e. The molecule has 2 aromatic heterocycles. The molecule has 1 unspecified atom stereocenters. The minimum atomic E-state index is -1.19. The van der Waals surface area contributed by atoms with E-state index in [9.17, 15) is 9.59 Å². The average Bonchev–Trinajstić information content (AvgIpc) is 3.63. The third-order valence-corrected chi connectivity index (χ3v) is 8.20. The van der Waals surface area contributed by atoms with Gasteiger partial charge < -0.3 is 15.0 Å². The van der Waals surface area contributed by atoms with Gasteiger partial charge in [-0.25, -0.2) is 9.67 Å². The van der Waals surface area contributed by atoms with Crippen LogP contribution in [-0.2, 0) is 22.7 Å². The van der Waals surface area contributed by atoms with Crippen molar-refractivity contribution in [2.45, 2.75) is 38.9 Å². The number of methoxy groups -OCH3 is 1. The lowest BCUT2D eigenvalue weighted by molar-refractivity contribution is -0.146. The molecule has 5 rings (SSSR count). The van der Waals surface area contributed by atoms with Crippen molar-refractivity contribution in [1.82, 2.24) is 24.9 Å². The van der Waals surface area contributed by atoms with Crippen LogP contribution in [0.1, 0.15) is 25.3 Å². The van der Waals surface area contributed by atoms with Crippen LogP contribution in [0, 0.1) is 0 Å². The van der Waals surface area contributed by atoms with Crippen LogP contribution >= 0.6 is 22.9 Å². The molecule has 1 N–H and O–H groups in total. The zero-order chi connectivity index (χ0) is 29.0. The second kappa shape index (κ2) is 12.1. The van der Waals surface area contributed by atoms with Crippen molar-refractivity contribution < 1.29 is 14.3 Å². The number of aromatic nitrogens is 4. The fourth-order valence-corrected chi connectivity index (χ4v) is 5.39. The number of anilines is 1. The molecule has 0 aliphatic heterocycles. The highest BCUT2D eigenvalue weighted by atomic mass is 35.5. The number of hydrogen-bond acceptors (Lipinski definition) is 7. The highest BCUT2D eigenvalue weighted by Gasteiger charge is 2.41. The van der Waals surface area contributed by atoms with Gasteiger partial charge in [-0.3, -0.25) is 9.59 Å². The summed E-state index contributed by atoms with van der Waals surface area (Å²) in [4.78, 5) is 34.2. The summed E-state index contributed by atoms with van der Waals surface area (Å²) in [5.41, 5.74) is 2.52. The van der Waals surface area contributed by atoms with Crippen LogP contribution in [-0.4, -0.2) is 49.3 Å². The Kier molecular flexibility index (Phi) is 8.32. The molecular weight excluding hydrogens is 560 g/mol. The molecule has 9 nitrogen and oxygen atoms in total. The fraction of sp³-hybridized carbons (Fsp3) is 0.233. The standard InChI is InChI=1S/C30H29ClN6O3S/c1-4-30(2,29(39)32-22-13-15-23(40-3)16-14-22)36(28(38)18-37-26-8-6-5-7-24(26)34-35-37)17-27-33-25(19-41-27)20-9-11-21(31)12-10-20/h5-16,19H,4,17-18H2,1-3H3,(H,32,39). The Bertz CT molecular complexity index is 1670. The molecule has 0 spiro atoms. The minimum absolute atomic E-state index is 0.0820. The normalized spacial score (nSPS) is 12.6. The van der Waals surface area contributed by atoms with Gasteiger partial charge in [0.2, 0.25) is 11.8 Å². The largest absolute Gasteiger partial charge is 0.497 e. The van der Waals surface area contributed by atoms with Crippen molar-refractivity contribution >= 4 is 51.5 Å². The van der Waals surface area contributed by atoms with E-state index in [2.05, 4.69) is 15.6 Å². The molecule has 2 amide bonds. The molecule has 1 atom stereocenters. The number of carbonyl (C=O) groups excluding carboxylic acids is 2. The second-order valence-corrected chi connectivity index (χ2v) is 11.0. The third kappa shape index (κ3) is 6.08. The number of ether oxygens (including phenoxy) is 1. The second-order valence-electron chi connectivity index (χ2n) is 9.66. The fourth-order valence-electron chi connectivity index (χ4n) is 4.47. The molecule has 0 aliphatic rings. The van der Waals surface area contributed by atoms with Crippen molar-refractivity contribution in [1.29, 1.82) is 0 Å². The van der Waals surface area contributed by atoms with Crippen LogP contribution in [0.3, 0.4) is 0 Å². The van der Waals surface area contributed by atoms with Gasteiger partial charge in [0.15, 0.2) is 0 Å². The highest BCUT2D eigenvalue weighted by molar-refractivity contribution is 7.09. The Morgan fingerprint density at radius 2 is 1.80 bits per heavy atom. The van der Waals surface area contributed by atoms with E-state index in [1.54, 1.807) is 47.9 Å². The first-order valence-electron chi connectivity index (χ1n) is 13.1. The molecule has 11 heteroatoms. The lowest BCUT2D eigenvalue weighted by Gasteiger charge is -2.39. The first-order valence-corrected chi connectivity index (χ1v) is 14.3. The van der Waals surface area contributed by atoms with Gasteiger partial charge in [-0.15, -0.1) is 16.4 Å². The number of fused-ring (bicyclic) bond motifs is 1. The number of nitrogens with one attached hydrogen (secondary N) is 1. The van der Waals surface area contributed by atoms with Crippen LogP contribution in [0.4, 0.5) is 5.69 Å². The number of benzene rings is 3. The summed E-state index contributed by atoms with van der Waals surface area (Å²) in [5.74, 6) is 0.0907. The molecule has 5 aromatic rings. The molecule has 0 aliphatic carbocycles. The van der Waals surface area contributed by atoms with Crippen molar-refractivity contribution in [3.8, 4) is 17.0 Å². The lowest BCUT2D eigenvalue weighted by atomic mass is 9.94. The van der Waals surface area contributed by atoms with Crippen LogP contribution in [0.5, 0.6) is 5.75 Å². The summed E-state index contributed by atoms with van der Waals surface area (Å²) in [5, 5.41) is 14.6. The Morgan fingerprint density at radius 3 is 2.51 bits per heavy atom. The maximum absolute atomic E-state index is 14.0. The summed E-state index contributed by atoms with van der Waals surface area (Å²) in [7, 11) is 1.58. The lowest BCUT2D eigenvalue weighted by Crippen LogP contribution is -2.57. The molecule has 41 heavy (non-hydrogen) atoms. The topological polar surface area (TPSA) is 102 Å². The SMILES string of the molecule is CCC(C)(C(=O)Nc1ccc(OC)cc1)N(Cc1nc(-c2ccc(Cl)cc2)cs1)C(=O)Cn1nnc2ccccc21. The molecular formula is C30H29ClN6O3S. The highest BCUT2D eigenvalue weighted by Crippen LogP contribution is 2.29. The monoisotopic (exact) mass is 588 g/mol. The minimum Gasteiger partial charge on any atom is -0.497 e. The van der Waals surface area contributed by atoms with E-state index in [0.29, 0.717) is 33.4 Å². The van der Waals surface area contributed by atoms with Gasteiger partial charge in [0.25, 0.3) is 0 Å². The van der Waals surface area contributed by atoms with Gasteiger partial charge in [0, 0.05) is 21.7 Å². The van der Waals surface area contributed by atoms with E-state index in [-0.39, 0.29) is 24.9 Å². The number of halogens is 1. The van der Waals surface area contributed by atoms with Crippen molar-refractivity contribution in [3.63, 3.8) is 0 Å². The quantitative estimate of drug-likeness (QED) is 0.213. The van der Waals surface area contributed by atoms with E-state index < -0.39 is 5.54 Å². The number of para-hydroxylation sites is 1. The predicted octanol–water partition coefficient (Wildman–Crippen LogP) is 6.05. The molecule has 2 heterocycles. The number of amides is 2. The Morgan fingerprint density at radius 1 is 1.07 bits per heavy atom. The molecule has 0 radical (unpaired) electrons. The van der Waals surface area contributed by atoms with Gasteiger partial charge in [-0.05, 0) is 61.9 Å².